The Hall–Kier alpha value is -3.45. The van der Waals surface area contributed by atoms with Gasteiger partial charge in [0.25, 0.3) is 5.56 Å². The Labute approximate surface area is 178 Å². The maximum atomic E-state index is 13.4. The lowest BCUT2D eigenvalue weighted by Gasteiger charge is -2.30. The van der Waals surface area contributed by atoms with Crippen LogP contribution in [0.25, 0.3) is 16.8 Å². The average molecular weight is 416 g/mol. The molecular formula is C23H21N5OS. The zero-order valence-corrected chi connectivity index (χ0v) is 17.4. The third-order valence-electron chi connectivity index (χ3n) is 5.54. The SMILES string of the molecule is Cc1ccn(-c2ccc(-c3ccsc3)cc2)c(=O)c1N1CCc2nc(N)ncc2C1. The molecule has 0 amide bonds. The topological polar surface area (TPSA) is 77.0 Å². The van der Waals surface area contributed by atoms with Gasteiger partial charge in [0.05, 0.1) is 5.69 Å². The zero-order chi connectivity index (χ0) is 20.7. The number of anilines is 2. The van der Waals surface area contributed by atoms with Crippen LogP contribution in [0.5, 0.6) is 0 Å². The summed E-state index contributed by atoms with van der Waals surface area (Å²) in [5, 5.41) is 4.19. The van der Waals surface area contributed by atoms with Crippen molar-refractivity contribution in [3.63, 3.8) is 0 Å². The van der Waals surface area contributed by atoms with Gasteiger partial charge in [0.2, 0.25) is 5.95 Å². The van der Waals surface area contributed by atoms with Crippen LogP contribution in [0.4, 0.5) is 11.6 Å². The van der Waals surface area contributed by atoms with Crippen molar-refractivity contribution >= 4 is 23.0 Å². The minimum Gasteiger partial charge on any atom is -0.368 e. The number of hydrogen-bond acceptors (Lipinski definition) is 6. The quantitative estimate of drug-likeness (QED) is 0.551. The van der Waals surface area contributed by atoms with Crippen LogP contribution >= 0.6 is 11.3 Å². The van der Waals surface area contributed by atoms with Gasteiger partial charge in [0.1, 0.15) is 5.69 Å². The van der Waals surface area contributed by atoms with Crippen LogP contribution in [-0.4, -0.2) is 21.1 Å². The van der Waals surface area contributed by atoms with E-state index in [2.05, 4.69) is 43.8 Å². The molecule has 0 spiro atoms. The number of aryl methyl sites for hydroxylation is 1. The molecule has 0 saturated carbocycles. The summed E-state index contributed by atoms with van der Waals surface area (Å²) in [4.78, 5) is 24.0. The molecule has 3 aromatic heterocycles. The van der Waals surface area contributed by atoms with Gasteiger partial charge < -0.3 is 10.6 Å². The van der Waals surface area contributed by atoms with Crippen molar-refractivity contribution in [1.29, 1.82) is 0 Å². The lowest BCUT2D eigenvalue weighted by atomic mass is 10.1. The third-order valence-corrected chi connectivity index (χ3v) is 6.22. The first-order chi connectivity index (χ1) is 14.6. The maximum absolute atomic E-state index is 13.4. The van der Waals surface area contributed by atoms with Crippen LogP contribution < -0.4 is 16.2 Å². The summed E-state index contributed by atoms with van der Waals surface area (Å²) in [5.41, 5.74) is 12.6. The molecule has 0 unspecified atom stereocenters. The molecule has 6 nitrogen and oxygen atoms in total. The van der Waals surface area contributed by atoms with Gasteiger partial charge in [-0.1, -0.05) is 12.1 Å². The number of pyridine rings is 1. The molecule has 0 atom stereocenters. The molecule has 0 saturated heterocycles. The molecular weight excluding hydrogens is 394 g/mol. The number of thiophene rings is 1. The number of rotatable bonds is 3. The van der Waals surface area contributed by atoms with Gasteiger partial charge in [-0.15, -0.1) is 0 Å². The summed E-state index contributed by atoms with van der Waals surface area (Å²) in [7, 11) is 0. The standard InChI is InChI=1S/C23H21N5OS/c1-15-6-10-28(19-4-2-16(3-5-19)17-8-11-30-14-17)22(29)21(15)27-9-7-20-18(13-27)12-25-23(24)26-20/h2-6,8,10-12,14H,7,9,13H2,1H3,(H2,24,25,26). The van der Waals surface area contributed by atoms with Crippen molar-refractivity contribution in [2.75, 3.05) is 17.2 Å². The summed E-state index contributed by atoms with van der Waals surface area (Å²) in [6.45, 7) is 3.31. The minimum absolute atomic E-state index is 0.0157. The van der Waals surface area contributed by atoms with Gasteiger partial charge in [-0.05, 0) is 58.6 Å². The number of benzene rings is 1. The highest BCUT2D eigenvalue weighted by Crippen LogP contribution is 2.26. The van der Waals surface area contributed by atoms with Crippen LogP contribution in [-0.2, 0) is 13.0 Å². The lowest BCUT2D eigenvalue weighted by Crippen LogP contribution is -2.37. The Balaban J connectivity index is 1.50. The molecule has 0 radical (unpaired) electrons. The highest BCUT2D eigenvalue weighted by atomic mass is 32.1. The molecule has 4 heterocycles. The summed E-state index contributed by atoms with van der Waals surface area (Å²) in [5.74, 6) is 0.298. The van der Waals surface area contributed by atoms with E-state index < -0.39 is 0 Å². The van der Waals surface area contributed by atoms with E-state index in [9.17, 15) is 4.79 Å². The first-order valence-electron chi connectivity index (χ1n) is 9.80. The summed E-state index contributed by atoms with van der Waals surface area (Å²) in [6.07, 6.45) is 4.36. The van der Waals surface area contributed by atoms with Crippen LogP contribution in [0.3, 0.4) is 0 Å². The molecule has 0 bridgehead atoms. The molecule has 1 aromatic carbocycles. The van der Waals surface area contributed by atoms with Crippen molar-refractivity contribution in [3.8, 4) is 16.8 Å². The van der Waals surface area contributed by atoms with Gasteiger partial charge in [-0.25, -0.2) is 9.97 Å². The van der Waals surface area contributed by atoms with E-state index in [1.807, 2.05) is 31.3 Å². The molecule has 4 aromatic rings. The van der Waals surface area contributed by atoms with Gasteiger partial charge in [0.15, 0.2) is 0 Å². The predicted octanol–water partition coefficient (Wildman–Crippen LogP) is 3.81. The number of nitrogens with two attached hydrogens (primary N) is 1. The predicted molar refractivity (Wildman–Crippen MR) is 121 cm³/mol. The van der Waals surface area contributed by atoms with Gasteiger partial charge in [-0.2, -0.15) is 11.3 Å². The first-order valence-corrected chi connectivity index (χ1v) is 10.7. The third kappa shape index (κ3) is 3.27. The fourth-order valence-corrected chi connectivity index (χ4v) is 4.63. The number of fused-ring (bicyclic) bond motifs is 1. The van der Waals surface area contributed by atoms with Gasteiger partial charge in [0, 0.05) is 43.2 Å². The number of aromatic nitrogens is 3. The smallest absolute Gasteiger partial charge is 0.278 e. The lowest BCUT2D eigenvalue weighted by molar-refractivity contribution is 0.698. The largest absolute Gasteiger partial charge is 0.368 e. The van der Waals surface area contributed by atoms with E-state index >= 15 is 0 Å². The molecule has 0 aliphatic carbocycles. The molecule has 1 aliphatic rings. The van der Waals surface area contributed by atoms with E-state index in [1.165, 1.54) is 5.56 Å². The molecule has 0 fully saturated rings. The Bertz CT molecular complexity index is 1260. The zero-order valence-electron chi connectivity index (χ0n) is 16.6. The number of hydrogen-bond donors (Lipinski definition) is 1. The van der Waals surface area contributed by atoms with Gasteiger partial charge >= 0.3 is 0 Å². The first kappa shape index (κ1) is 18.6. The van der Waals surface area contributed by atoms with Crippen molar-refractivity contribution in [2.24, 2.45) is 0 Å². The minimum atomic E-state index is -0.0157. The van der Waals surface area contributed by atoms with Crippen molar-refractivity contribution in [1.82, 2.24) is 14.5 Å². The normalized spacial score (nSPS) is 13.3. The number of nitrogens with zero attached hydrogens (tertiary/aromatic N) is 4. The summed E-state index contributed by atoms with van der Waals surface area (Å²) in [6, 6.07) is 12.2. The second-order valence-electron chi connectivity index (χ2n) is 7.45. The summed E-state index contributed by atoms with van der Waals surface area (Å²) < 4.78 is 1.72. The van der Waals surface area contributed by atoms with E-state index in [0.717, 1.165) is 46.7 Å². The Kier molecular flexibility index (Phi) is 4.59. The molecule has 5 rings (SSSR count). The Morgan fingerprint density at radius 1 is 1.10 bits per heavy atom. The molecule has 30 heavy (non-hydrogen) atoms. The average Bonchev–Trinajstić information content (AvgIpc) is 3.29. The summed E-state index contributed by atoms with van der Waals surface area (Å²) >= 11 is 1.68. The Morgan fingerprint density at radius 2 is 1.93 bits per heavy atom. The van der Waals surface area contributed by atoms with Crippen molar-refractivity contribution in [2.45, 2.75) is 19.9 Å². The van der Waals surface area contributed by atoms with E-state index in [0.29, 0.717) is 12.5 Å². The van der Waals surface area contributed by atoms with Crippen LogP contribution in [0.1, 0.15) is 16.8 Å². The maximum Gasteiger partial charge on any atom is 0.278 e. The van der Waals surface area contributed by atoms with E-state index in [4.69, 9.17) is 5.73 Å². The molecule has 150 valence electrons. The van der Waals surface area contributed by atoms with Crippen LogP contribution in [0.15, 0.2) is 64.3 Å². The second-order valence-corrected chi connectivity index (χ2v) is 8.23. The van der Waals surface area contributed by atoms with Gasteiger partial charge in [-0.3, -0.25) is 9.36 Å². The fraction of sp³-hybridized carbons (Fsp3) is 0.174. The van der Waals surface area contributed by atoms with Crippen LogP contribution in [0, 0.1) is 6.92 Å². The number of nitrogen functional groups attached to an aromatic ring is 1. The molecule has 1 aliphatic heterocycles. The fourth-order valence-electron chi connectivity index (χ4n) is 3.97. The second kappa shape index (κ2) is 7.42. The van der Waals surface area contributed by atoms with E-state index in [1.54, 1.807) is 22.1 Å². The Morgan fingerprint density at radius 3 is 2.70 bits per heavy atom. The highest BCUT2D eigenvalue weighted by Gasteiger charge is 2.22. The van der Waals surface area contributed by atoms with Crippen molar-refractivity contribution < 1.29 is 0 Å². The molecule has 7 heteroatoms. The van der Waals surface area contributed by atoms with Crippen molar-refractivity contribution in [3.05, 3.63) is 86.7 Å². The van der Waals surface area contributed by atoms with Crippen LogP contribution in [0.2, 0.25) is 0 Å². The van der Waals surface area contributed by atoms with E-state index in [-0.39, 0.29) is 5.56 Å². The monoisotopic (exact) mass is 415 g/mol. The highest BCUT2D eigenvalue weighted by molar-refractivity contribution is 7.08. The molecule has 2 N–H and O–H groups in total.